The fourth-order valence-electron chi connectivity index (χ4n) is 3.87. The average molecular weight is 490 g/mol. The number of aromatic nitrogens is 4. The Morgan fingerprint density at radius 3 is 2.71 bits per heavy atom. The van der Waals surface area contributed by atoms with E-state index in [1.54, 1.807) is 0 Å². The molecule has 1 atom stereocenters. The molecular formula is C25H23N5O2S2. The molecule has 3 heterocycles. The van der Waals surface area contributed by atoms with Gasteiger partial charge in [0.25, 0.3) is 5.56 Å². The number of aromatic amines is 1. The van der Waals surface area contributed by atoms with Crippen molar-refractivity contribution in [3.63, 3.8) is 0 Å². The molecule has 3 aromatic heterocycles. The van der Waals surface area contributed by atoms with E-state index in [1.807, 2.05) is 78.4 Å². The maximum Gasteiger partial charge on any atom is 0.260 e. The van der Waals surface area contributed by atoms with E-state index in [9.17, 15) is 9.59 Å². The first kappa shape index (κ1) is 22.4. The number of hydrogen-bond donors (Lipinski definition) is 2. The summed E-state index contributed by atoms with van der Waals surface area (Å²) in [4.78, 5) is 38.5. The van der Waals surface area contributed by atoms with Gasteiger partial charge < -0.3 is 9.55 Å². The van der Waals surface area contributed by atoms with Crippen LogP contribution in [0.15, 0.2) is 64.8 Å². The summed E-state index contributed by atoms with van der Waals surface area (Å²) >= 11 is 2.88. The van der Waals surface area contributed by atoms with Crippen LogP contribution in [-0.4, -0.2) is 30.7 Å². The van der Waals surface area contributed by atoms with Crippen molar-refractivity contribution in [2.45, 2.75) is 31.4 Å². The van der Waals surface area contributed by atoms with Crippen LogP contribution in [0.2, 0.25) is 0 Å². The fourth-order valence-corrected chi connectivity index (χ4v) is 5.60. The summed E-state index contributed by atoms with van der Waals surface area (Å²) in [5, 5.41) is 5.17. The molecule has 5 aromatic rings. The van der Waals surface area contributed by atoms with Gasteiger partial charge in [-0.25, -0.2) is 9.97 Å². The molecule has 0 spiro atoms. The number of carbonyl (C=O) groups excluding carboxylic acids is 1. The first-order valence-corrected chi connectivity index (χ1v) is 12.9. The monoisotopic (exact) mass is 489 g/mol. The number of fused-ring (bicyclic) bond motifs is 2. The minimum atomic E-state index is -0.352. The zero-order chi connectivity index (χ0) is 23.7. The molecule has 34 heavy (non-hydrogen) atoms. The largest absolute Gasteiger partial charge is 0.310 e. The molecule has 1 amide bonds. The molecule has 0 radical (unpaired) electrons. The fraction of sp³-hybridized carbons (Fsp3) is 0.200. The van der Waals surface area contributed by atoms with Crippen LogP contribution in [-0.2, 0) is 17.1 Å². The lowest BCUT2D eigenvalue weighted by atomic mass is 10.1. The van der Waals surface area contributed by atoms with Crippen LogP contribution in [0.25, 0.3) is 32.4 Å². The summed E-state index contributed by atoms with van der Waals surface area (Å²) in [6.07, 6.45) is 0. The summed E-state index contributed by atoms with van der Waals surface area (Å²) in [5.74, 6) is 1.38. The number of carbonyl (C=O) groups is 1. The number of thiophene rings is 1. The van der Waals surface area contributed by atoms with Crippen molar-refractivity contribution in [2.24, 2.45) is 0 Å². The molecule has 0 aliphatic rings. The van der Waals surface area contributed by atoms with Gasteiger partial charge in [0.2, 0.25) is 11.9 Å². The van der Waals surface area contributed by atoms with Gasteiger partial charge in [0.15, 0.2) is 0 Å². The minimum absolute atomic E-state index is 0.138. The summed E-state index contributed by atoms with van der Waals surface area (Å²) in [6.45, 7) is 4.57. The summed E-state index contributed by atoms with van der Waals surface area (Å²) in [7, 11) is 0. The zero-order valence-corrected chi connectivity index (χ0v) is 20.4. The Bertz CT molecular complexity index is 1540. The summed E-state index contributed by atoms with van der Waals surface area (Å²) in [6, 6.07) is 17.6. The van der Waals surface area contributed by atoms with Crippen molar-refractivity contribution < 1.29 is 4.79 Å². The molecule has 0 bridgehead atoms. The lowest BCUT2D eigenvalue weighted by Gasteiger charge is -2.12. The number of nitrogens with one attached hydrogen (secondary N) is 2. The summed E-state index contributed by atoms with van der Waals surface area (Å²) < 4.78 is 1.98. The van der Waals surface area contributed by atoms with Gasteiger partial charge in [-0.05, 0) is 31.5 Å². The van der Waals surface area contributed by atoms with Gasteiger partial charge in [0.1, 0.15) is 10.7 Å². The molecule has 5 rings (SSSR count). The molecule has 0 aliphatic heterocycles. The lowest BCUT2D eigenvalue weighted by molar-refractivity contribution is -0.115. The van der Waals surface area contributed by atoms with Crippen molar-refractivity contribution in [1.82, 2.24) is 19.5 Å². The maximum absolute atomic E-state index is 12.8. The van der Waals surface area contributed by atoms with Gasteiger partial charge in [-0.2, -0.15) is 0 Å². The Kier molecular flexibility index (Phi) is 6.21. The quantitative estimate of drug-likeness (QED) is 0.324. The second-order valence-corrected chi connectivity index (χ2v) is 10.0. The number of hydrogen-bond acceptors (Lipinski definition) is 6. The normalized spacial score (nSPS) is 12.3. The number of aryl methyl sites for hydroxylation is 1. The number of rotatable bonds is 7. The minimum Gasteiger partial charge on any atom is -0.310 e. The predicted octanol–water partition coefficient (Wildman–Crippen LogP) is 5.28. The highest BCUT2D eigenvalue weighted by atomic mass is 32.2. The highest BCUT2D eigenvalue weighted by Crippen LogP contribution is 2.31. The number of anilines is 1. The van der Waals surface area contributed by atoms with Crippen molar-refractivity contribution in [3.8, 4) is 11.1 Å². The first-order valence-electron chi connectivity index (χ1n) is 11.0. The molecule has 172 valence electrons. The molecular weight excluding hydrogens is 466 g/mol. The molecule has 7 nitrogen and oxygen atoms in total. The van der Waals surface area contributed by atoms with E-state index in [0.717, 1.165) is 22.2 Å². The van der Waals surface area contributed by atoms with Gasteiger partial charge in [-0.1, -0.05) is 42.5 Å². The number of benzene rings is 2. The van der Waals surface area contributed by atoms with E-state index in [1.165, 1.54) is 23.1 Å². The molecule has 0 fully saturated rings. The third-order valence-corrected chi connectivity index (χ3v) is 7.65. The Morgan fingerprint density at radius 1 is 1.15 bits per heavy atom. The van der Waals surface area contributed by atoms with Crippen molar-refractivity contribution in [1.29, 1.82) is 0 Å². The lowest BCUT2D eigenvalue weighted by Crippen LogP contribution is -2.25. The Labute approximate surface area is 204 Å². The van der Waals surface area contributed by atoms with Crippen LogP contribution in [0.1, 0.15) is 19.7 Å². The van der Waals surface area contributed by atoms with Gasteiger partial charge in [0.05, 0.1) is 27.4 Å². The highest BCUT2D eigenvalue weighted by Gasteiger charge is 2.19. The highest BCUT2D eigenvalue weighted by molar-refractivity contribution is 7.99. The van der Waals surface area contributed by atoms with E-state index < -0.39 is 0 Å². The summed E-state index contributed by atoms with van der Waals surface area (Å²) in [5.41, 5.74) is 3.56. The smallest absolute Gasteiger partial charge is 0.260 e. The molecule has 1 unspecified atom stereocenters. The molecule has 0 saturated heterocycles. The first-order chi connectivity index (χ1) is 16.5. The molecule has 0 aliphatic carbocycles. The van der Waals surface area contributed by atoms with Crippen LogP contribution >= 0.6 is 23.1 Å². The molecule has 2 N–H and O–H groups in total. The van der Waals surface area contributed by atoms with Crippen molar-refractivity contribution >= 4 is 56.2 Å². The van der Waals surface area contributed by atoms with Crippen LogP contribution in [0, 0.1) is 0 Å². The second kappa shape index (κ2) is 9.44. The van der Waals surface area contributed by atoms with Gasteiger partial charge in [0, 0.05) is 17.5 Å². The molecule has 2 aromatic carbocycles. The van der Waals surface area contributed by atoms with Crippen LogP contribution in [0.4, 0.5) is 5.95 Å². The Hall–Kier alpha value is -3.43. The molecule has 9 heteroatoms. The zero-order valence-electron chi connectivity index (χ0n) is 18.7. The number of amides is 1. The number of thioether (sulfide) groups is 1. The average Bonchev–Trinajstić information content (AvgIpc) is 3.44. The predicted molar refractivity (Wildman–Crippen MR) is 140 cm³/mol. The van der Waals surface area contributed by atoms with Gasteiger partial charge >= 0.3 is 0 Å². The Balaban J connectivity index is 1.30. The Morgan fingerprint density at radius 2 is 1.91 bits per heavy atom. The maximum atomic E-state index is 12.8. The van der Waals surface area contributed by atoms with Gasteiger partial charge in [-0.15, -0.1) is 23.1 Å². The van der Waals surface area contributed by atoms with E-state index in [-0.39, 0.29) is 16.7 Å². The van der Waals surface area contributed by atoms with E-state index in [4.69, 9.17) is 0 Å². The standard InChI is InChI=1S/C25H23N5O2S2/c1-3-30-19-12-8-7-11-18(19)26-25(30)29-22(31)15(2)33-14-20-27-23(32)21-17(13-34-24(21)28-20)16-9-5-4-6-10-16/h4-13,15H,3,14H2,1-2H3,(H,26,29,31)(H,27,28,32). The number of para-hydroxylation sites is 2. The van der Waals surface area contributed by atoms with Crippen LogP contribution in [0.3, 0.4) is 0 Å². The van der Waals surface area contributed by atoms with Gasteiger partial charge in [-0.3, -0.25) is 14.9 Å². The number of imidazole rings is 1. The van der Waals surface area contributed by atoms with Crippen LogP contribution < -0.4 is 10.9 Å². The van der Waals surface area contributed by atoms with E-state index >= 15 is 0 Å². The molecule has 0 saturated carbocycles. The topological polar surface area (TPSA) is 92.7 Å². The second-order valence-electron chi connectivity index (χ2n) is 7.82. The number of H-pyrrole nitrogens is 1. The van der Waals surface area contributed by atoms with Crippen molar-refractivity contribution in [3.05, 3.63) is 76.2 Å². The van der Waals surface area contributed by atoms with E-state index in [2.05, 4.69) is 20.3 Å². The van der Waals surface area contributed by atoms with E-state index in [0.29, 0.717) is 34.3 Å². The number of nitrogens with zero attached hydrogens (tertiary/aromatic N) is 3. The van der Waals surface area contributed by atoms with Crippen LogP contribution in [0.5, 0.6) is 0 Å². The third kappa shape index (κ3) is 4.24. The SMILES string of the molecule is CCn1c(NC(=O)C(C)SCc2nc3scc(-c4ccccc4)c3c(=O)[nH]2)nc2ccccc21. The third-order valence-electron chi connectivity index (χ3n) is 5.62. The van der Waals surface area contributed by atoms with Crippen molar-refractivity contribution in [2.75, 3.05) is 5.32 Å².